The van der Waals surface area contributed by atoms with Crippen molar-refractivity contribution >= 4 is 23.5 Å². The number of amides is 1. The largest absolute Gasteiger partial charge is 0.465 e. The molecular formula is C19H18ClNO3. The van der Waals surface area contributed by atoms with Gasteiger partial charge >= 0.3 is 5.97 Å². The lowest BCUT2D eigenvalue weighted by Crippen LogP contribution is -2.28. The highest BCUT2D eigenvalue weighted by atomic mass is 35.5. The van der Waals surface area contributed by atoms with E-state index in [1.807, 2.05) is 30.3 Å². The molecule has 2 aromatic carbocycles. The Kier molecular flexibility index (Phi) is 4.86. The van der Waals surface area contributed by atoms with Crippen LogP contribution in [0.2, 0.25) is 5.02 Å². The third-order valence-corrected chi connectivity index (χ3v) is 4.66. The first-order chi connectivity index (χ1) is 11.6. The predicted molar refractivity (Wildman–Crippen MR) is 92.1 cm³/mol. The van der Waals surface area contributed by atoms with Gasteiger partial charge in [0.15, 0.2) is 0 Å². The Balaban J connectivity index is 1.73. The van der Waals surface area contributed by atoms with Crippen LogP contribution in [-0.4, -0.2) is 19.0 Å². The van der Waals surface area contributed by atoms with Gasteiger partial charge in [0.1, 0.15) is 0 Å². The summed E-state index contributed by atoms with van der Waals surface area (Å²) >= 11 is 6.11. The fourth-order valence-electron chi connectivity index (χ4n) is 3.06. The first-order valence-corrected chi connectivity index (χ1v) is 8.20. The van der Waals surface area contributed by atoms with Gasteiger partial charge in [0.25, 0.3) is 0 Å². The fraction of sp³-hybridized carbons (Fsp3) is 0.263. The quantitative estimate of drug-likeness (QED) is 0.865. The summed E-state index contributed by atoms with van der Waals surface area (Å²) in [7, 11) is 1.36. The van der Waals surface area contributed by atoms with Crippen LogP contribution in [0.1, 0.15) is 39.5 Å². The van der Waals surface area contributed by atoms with Crippen LogP contribution >= 0.6 is 11.6 Å². The summed E-state index contributed by atoms with van der Waals surface area (Å²) in [6.45, 7) is 0. The van der Waals surface area contributed by atoms with Crippen LogP contribution in [0.3, 0.4) is 0 Å². The maximum atomic E-state index is 12.3. The highest BCUT2D eigenvalue weighted by Gasteiger charge is 2.25. The summed E-state index contributed by atoms with van der Waals surface area (Å²) in [6, 6.07) is 12.7. The van der Waals surface area contributed by atoms with Crippen molar-refractivity contribution < 1.29 is 14.3 Å². The van der Waals surface area contributed by atoms with Crippen molar-refractivity contribution in [2.45, 2.75) is 25.3 Å². The summed E-state index contributed by atoms with van der Waals surface area (Å²) in [5, 5.41) is 3.64. The Morgan fingerprint density at radius 3 is 2.79 bits per heavy atom. The third-order valence-electron chi connectivity index (χ3n) is 4.29. The van der Waals surface area contributed by atoms with Gasteiger partial charge in [-0.15, -0.1) is 0 Å². The molecule has 5 heteroatoms. The third kappa shape index (κ3) is 3.44. The first kappa shape index (κ1) is 16.5. The van der Waals surface area contributed by atoms with E-state index in [-0.39, 0.29) is 24.3 Å². The number of esters is 1. The minimum Gasteiger partial charge on any atom is -0.465 e. The molecule has 1 atom stereocenters. The number of nitrogens with one attached hydrogen (secondary N) is 1. The number of methoxy groups -OCH3 is 1. The van der Waals surface area contributed by atoms with Crippen molar-refractivity contribution in [3.63, 3.8) is 0 Å². The Labute approximate surface area is 145 Å². The molecule has 0 bridgehead atoms. The van der Waals surface area contributed by atoms with Crippen molar-refractivity contribution in [2.24, 2.45) is 0 Å². The van der Waals surface area contributed by atoms with Gasteiger partial charge in [-0.2, -0.15) is 0 Å². The predicted octanol–water partition coefficient (Wildman–Crippen LogP) is 3.47. The number of ether oxygens (including phenoxy) is 1. The molecule has 0 saturated heterocycles. The minimum atomic E-state index is -0.370. The zero-order valence-electron chi connectivity index (χ0n) is 13.3. The fourth-order valence-corrected chi connectivity index (χ4v) is 3.26. The van der Waals surface area contributed by atoms with Crippen LogP contribution in [0.25, 0.3) is 0 Å². The molecule has 1 N–H and O–H groups in total. The van der Waals surface area contributed by atoms with Crippen molar-refractivity contribution in [1.29, 1.82) is 0 Å². The van der Waals surface area contributed by atoms with E-state index in [9.17, 15) is 9.59 Å². The van der Waals surface area contributed by atoms with E-state index in [4.69, 9.17) is 16.3 Å². The Morgan fingerprint density at radius 1 is 1.25 bits per heavy atom. The van der Waals surface area contributed by atoms with E-state index < -0.39 is 0 Å². The molecule has 1 amide bonds. The second-order valence-electron chi connectivity index (χ2n) is 5.83. The highest BCUT2D eigenvalue weighted by molar-refractivity contribution is 6.31. The molecule has 0 aromatic heterocycles. The number of aryl methyl sites for hydroxylation is 1. The van der Waals surface area contributed by atoms with E-state index in [1.165, 1.54) is 7.11 Å². The number of hydrogen-bond acceptors (Lipinski definition) is 3. The van der Waals surface area contributed by atoms with Gasteiger partial charge in [-0.3, -0.25) is 4.79 Å². The molecule has 3 rings (SSSR count). The van der Waals surface area contributed by atoms with Crippen molar-refractivity contribution in [3.8, 4) is 0 Å². The standard InChI is InChI=1S/C19H18ClNO3/c1-24-19(23)14-7-6-12-8-9-17(15(12)10-14)21-18(22)11-13-4-2-3-5-16(13)20/h2-7,10,17H,8-9,11H2,1H3,(H,21,22)/t17-/m1/s1. The second-order valence-corrected chi connectivity index (χ2v) is 6.24. The lowest BCUT2D eigenvalue weighted by atomic mass is 10.0. The first-order valence-electron chi connectivity index (χ1n) is 7.82. The average Bonchev–Trinajstić information content (AvgIpc) is 2.98. The van der Waals surface area contributed by atoms with Gasteiger partial charge in [0, 0.05) is 5.02 Å². The molecule has 0 radical (unpaired) electrons. The molecule has 0 fully saturated rings. The number of hydrogen-bond donors (Lipinski definition) is 1. The van der Waals surface area contributed by atoms with E-state index in [1.54, 1.807) is 12.1 Å². The minimum absolute atomic E-state index is 0.0792. The van der Waals surface area contributed by atoms with E-state index >= 15 is 0 Å². The molecule has 0 heterocycles. The lowest BCUT2D eigenvalue weighted by Gasteiger charge is -2.15. The summed E-state index contributed by atoms with van der Waals surface area (Å²) in [5.41, 5.74) is 3.46. The van der Waals surface area contributed by atoms with Gasteiger partial charge < -0.3 is 10.1 Å². The zero-order chi connectivity index (χ0) is 17.1. The lowest BCUT2D eigenvalue weighted by molar-refractivity contribution is -0.121. The van der Waals surface area contributed by atoms with Crippen molar-refractivity contribution in [3.05, 3.63) is 69.7 Å². The van der Waals surface area contributed by atoms with Crippen LogP contribution in [0.15, 0.2) is 42.5 Å². The van der Waals surface area contributed by atoms with Gasteiger partial charge in [-0.25, -0.2) is 4.79 Å². The average molecular weight is 344 g/mol. The number of benzene rings is 2. The Bertz CT molecular complexity index is 788. The monoisotopic (exact) mass is 343 g/mol. The number of rotatable bonds is 4. The summed E-state index contributed by atoms with van der Waals surface area (Å²) in [4.78, 5) is 24.0. The molecule has 2 aromatic rings. The molecule has 1 aliphatic carbocycles. The van der Waals surface area contributed by atoms with Crippen LogP contribution in [0.5, 0.6) is 0 Å². The molecule has 0 aliphatic heterocycles. The number of carbonyl (C=O) groups is 2. The van der Waals surface area contributed by atoms with Gasteiger partial charge in [0.2, 0.25) is 5.91 Å². The van der Waals surface area contributed by atoms with Crippen LogP contribution in [0.4, 0.5) is 0 Å². The molecule has 4 nitrogen and oxygen atoms in total. The van der Waals surface area contributed by atoms with Crippen molar-refractivity contribution in [2.75, 3.05) is 7.11 Å². The maximum Gasteiger partial charge on any atom is 0.337 e. The van der Waals surface area contributed by atoms with E-state index in [0.29, 0.717) is 10.6 Å². The van der Waals surface area contributed by atoms with Crippen LogP contribution < -0.4 is 5.32 Å². The van der Waals surface area contributed by atoms with Gasteiger partial charge in [0.05, 0.1) is 25.1 Å². The van der Waals surface area contributed by atoms with E-state index in [0.717, 1.165) is 29.5 Å². The number of carbonyl (C=O) groups excluding carboxylic acids is 2. The molecule has 0 unspecified atom stereocenters. The van der Waals surface area contributed by atoms with Gasteiger partial charge in [-0.1, -0.05) is 35.9 Å². The smallest absolute Gasteiger partial charge is 0.337 e. The topological polar surface area (TPSA) is 55.4 Å². The molecule has 124 valence electrons. The SMILES string of the molecule is COC(=O)c1ccc2c(c1)[C@H](NC(=O)Cc1ccccc1Cl)CC2. The summed E-state index contributed by atoms with van der Waals surface area (Å²) in [5.74, 6) is -0.449. The summed E-state index contributed by atoms with van der Waals surface area (Å²) < 4.78 is 4.76. The molecule has 1 aliphatic rings. The molecule has 24 heavy (non-hydrogen) atoms. The second kappa shape index (κ2) is 7.05. The zero-order valence-corrected chi connectivity index (χ0v) is 14.1. The van der Waals surface area contributed by atoms with Crippen LogP contribution in [0, 0.1) is 0 Å². The Morgan fingerprint density at radius 2 is 2.04 bits per heavy atom. The number of halogens is 1. The van der Waals surface area contributed by atoms with Crippen LogP contribution in [-0.2, 0) is 22.4 Å². The van der Waals surface area contributed by atoms with E-state index in [2.05, 4.69) is 5.32 Å². The number of fused-ring (bicyclic) bond motifs is 1. The Hall–Kier alpha value is -2.33. The molecular weight excluding hydrogens is 326 g/mol. The highest BCUT2D eigenvalue weighted by Crippen LogP contribution is 2.32. The normalized spacial score (nSPS) is 15.7. The van der Waals surface area contributed by atoms with Gasteiger partial charge in [-0.05, 0) is 47.7 Å². The maximum absolute atomic E-state index is 12.3. The van der Waals surface area contributed by atoms with Crippen molar-refractivity contribution in [1.82, 2.24) is 5.32 Å². The molecule has 0 saturated carbocycles. The molecule has 0 spiro atoms. The summed E-state index contributed by atoms with van der Waals surface area (Å²) in [6.07, 6.45) is 1.95.